The number of nitrogens with zero attached hydrogens (tertiary/aromatic N) is 2. The Hall–Kier alpha value is -6.97. The molecule has 3 nitrogen and oxygen atoms in total. The van der Waals surface area contributed by atoms with Crippen LogP contribution in [0.2, 0.25) is 0 Å². The summed E-state index contributed by atoms with van der Waals surface area (Å²) in [6, 6.07) is 57.8. The van der Waals surface area contributed by atoms with Gasteiger partial charge in [0, 0.05) is 54.4 Å². The number of benzene rings is 8. The van der Waals surface area contributed by atoms with Crippen molar-refractivity contribution in [2.75, 3.05) is 0 Å². The molecule has 3 aromatic heterocycles. The highest BCUT2D eigenvalue weighted by atomic mass is 16.1. The van der Waals surface area contributed by atoms with Crippen LogP contribution in [0.1, 0.15) is 49.9 Å². The minimum absolute atomic E-state index is 0.0393. The second-order valence-corrected chi connectivity index (χ2v) is 17.6. The molecule has 0 fully saturated rings. The van der Waals surface area contributed by atoms with E-state index in [1.807, 2.05) is 22.6 Å². The van der Waals surface area contributed by atoms with Crippen molar-refractivity contribution in [1.29, 1.82) is 0 Å². The Bertz CT molecular complexity index is 3710. The van der Waals surface area contributed by atoms with E-state index < -0.39 is 0 Å². The van der Waals surface area contributed by atoms with Crippen LogP contribution in [0, 0.1) is 0 Å². The Labute approximate surface area is 335 Å². The van der Waals surface area contributed by atoms with E-state index in [0.717, 1.165) is 43.5 Å². The van der Waals surface area contributed by atoms with Gasteiger partial charge >= 0.3 is 0 Å². The Morgan fingerprint density at radius 2 is 1.02 bits per heavy atom. The zero-order valence-corrected chi connectivity index (χ0v) is 32.8. The number of pyridine rings is 1. The van der Waals surface area contributed by atoms with Gasteiger partial charge in [0.25, 0.3) is 5.56 Å². The fraction of sp³-hybridized carbons (Fsp3) is 0.109. The summed E-state index contributed by atoms with van der Waals surface area (Å²) >= 11 is 0. The minimum atomic E-state index is -0.224. The van der Waals surface area contributed by atoms with Crippen LogP contribution in [-0.4, -0.2) is 8.97 Å². The van der Waals surface area contributed by atoms with Crippen molar-refractivity contribution >= 4 is 59.8 Å². The lowest BCUT2D eigenvalue weighted by Crippen LogP contribution is -2.15. The maximum atomic E-state index is 13.9. The summed E-state index contributed by atoms with van der Waals surface area (Å²) in [5, 5.41) is 7.66. The molecular weight excluding hydrogens is 705 g/mol. The highest BCUT2D eigenvalue weighted by Crippen LogP contribution is 2.54. The third-order valence-electron chi connectivity index (χ3n) is 14.1. The van der Waals surface area contributed by atoms with Crippen LogP contribution >= 0.6 is 0 Å². The lowest BCUT2D eigenvalue weighted by atomic mass is 9.81. The van der Waals surface area contributed by atoms with E-state index >= 15 is 0 Å². The zero-order chi connectivity index (χ0) is 38.8. The van der Waals surface area contributed by atoms with Crippen molar-refractivity contribution < 1.29 is 0 Å². The molecule has 0 bridgehead atoms. The molecule has 0 saturated heterocycles. The fourth-order valence-electron chi connectivity index (χ4n) is 11.3. The van der Waals surface area contributed by atoms with Crippen LogP contribution < -0.4 is 5.56 Å². The summed E-state index contributed by atoms with van der Waals surface area (Å²) in [5.41, 5.74) is 18.5. The van der Waals surface area contributed by atoms with E-state index in [1.165, 1.54) is 77.6 Å². The molecule has 2 aliphatic carbocycles. The summed E-state index contributed by atoms with van der Waals surface area (Å²) < 4.78 is 4.46. The van der Waals surface area contributed by atoms with Gasteiger partial charge in [0.15, 0.2) is 0 Å². The van der Waals surface area contributed by atoms with E-state index in [0.29, 0.717) is 0 Å². The Morgan fingerprint density at radius 3 is 1.86 bits per heavy atom. The van der Waals surface area contributed by atoms with E-state index in [1.54, 1.807) is 0 Å². The Balaban J connectivity index is 0.977. The standard InChI is InChI=1S/C55H38N2O/c1-54(2)44-18-9-7-15-42(44)50-45(54)26-25-40-37-13-8-10-19-48(37)56(52(40)50)33-22-24-36-35-23-20-32(29-46(35)55(3,4)47(36)30-33)31-21-27-49-43(28-31)39-17-11-16-38-34-12-5-6-14-41(34)53(58)57(49)51(38)39/h5-30H,1-4H3. The van der Waals surface area contributed by atoms with Gasteiger partial charge in [-0.25, -0.2) is 0 Å². The average molecular weight is 743 g/mol. The van der Waals surface area contributed by atoms with E-state index in [9.17, 15) is 4.79 Å². The number of hydrogen-bond acceptors (Lipinski definition) is 1. The fourth-order valence-corrected chi connectivity index (χ4v) is 11.3. The largest absolute Gasteiger partial charge is 0.309 e. The van der Waals surface area contributed by atoms with Crippen molar-refractivity contribution in [2.45, 2.75) is 38.5 Å². The van der Waals surface area contributed by atoms with Gasteiger partial charge in [-0.2, -0.15) is 0 Å². The molecule has 0 aliphatic heterocycles. The first-order valence-electron chi connectivity index (χ1n) is 20.4. The lowest BCUT2D eigenvalue weighted by Gasteiger charge is -2.23. The molecular formula is C55H38N2O. The van der Waals surface area contributed by atoms with Gasteiger partial charge in [-0.15, -0.1) is 0 Å². The number of hydrogen-bond donors (Lipinski definition) is 0. The molecule has 3 heteroatoms. The molecule has 0 unspecified atom stereocenters. The van der Waals surface area contributed by atoms with Crippen LogP contribution in [0.15, 0.2) is 163 Å². The van der Waals surface area contributed by atoms with Crippen molar-refractivity contribution in [3.8, 4) is 39.1 Å². The molecule has 13 rings (SSSR count). The van der Waals surface area contributed by atoms with Gasteiger partial charge in [0.05, 0.1) is 22.1 Å². The van der Waals surface area contributed by atoms with Crippen LogP contribution in [0.5, 0.6) is 0 Å². The van der Waals surface area contributed by atoms with Crippen molar-refractivity contribution in [3.63, 3.8) is 0 Å². The number of para-hydroxylation sites is 2. The first-order valence-corrected chi connectivity index (χ1v) is 20.4. The van der Waals surface area contributed by atoms with Crippen LogP contribution in [0.3, 0.4) is 0 Å². The van der Waals surface area contributed by atoms with Crippen LogP contribution in [-0.2, 0) is 10.8 Å². The zero-order valence-electron chi connectivity index (χ0n) is 32.8. The van der Waals surface area contributed by atoms with Crippen molar-refractivity contribution in [2.24, 2.45) is 0 Å². The van der Waals surface area contributed by atoms with Gasteiger partial charge < -0.3 is 4.57 Å². The lowest BCUT2D eigenvalue weighted by molar-refractivity contribution is 0.660. The maximum absolute atomic E-state index is 13.9. The van der Waals surface area contributed by atoms with Gasteiger partial charge in [-0.1, -0.05) is 143 Å². The van der Waals surface area contributed by atoms with E-state index in [2.05, 4.69) is 172 Å². The second kappa shape index (κ2) is 10.7. The molecule has 274 valence electrons. The van der Waals surface area contributed by atoms with E-state index in [4.69, 9.17) is 0 Å². The van der Waals surface area contributed by atoms with Gasteiger partial charge in [0.2, 0.25) is 0 Å². The third-order valence-corrected chi connectivity index (χ3v) is 14.1. The molecule has 2 aliphatic rings. The highest BCUT2D eigenvalue weighted by molar-refractivity contribution is 6.21. The van der Waals surface area contributed by atoms with Crippen LogP contribution in [0.25, 0.3) is 98.8 Å². The summed E-state index contributed by atoms with van der Waals surface area (Å²) in [7, 11) is 0. The number of fused-ring (bicyclic) bond motifs is 15. The first-order chi connectivity index (χ1) is 28.2. The first kappa shape index (κ1) is 32.2. The van der Waals surface area contributed by atoms with Crippen LogP contribution in [0.4, 0.5) is 0 Å². The smallest absolute Gasteiger partial charge is 0.263 e. The van der Waals surface area contributed by atoms with Crippen molar-refractivity contribution in [1.82, 2.24) is 8.97 Å². The number of rotatable bonds is 2. The highest BCUT2D eigenvalue weighted by Gasteiger charge is 2.39. The molecule has 0 atom stereocenters. The SMILES string of the molecule is CC1(C)c2cc(-c3ccc4c(c3)c3cccc5c6ccccc6c(=O)n4c53)ccc2-c2ccc(-n3c4ccccc4c4ccc5c(c43)-c3ccccc3C5(C)C)cc21. The molecule has 0 saturated carbocycles. The Kier molecular flexibility index (Phi) is 5.93. The topological polar surface area (TPSA) is 26.4 Å². The molecule has 11 aromatic rings. The monoisotopic (exact) mass is 742 g/mol. The van der Waals surface area contributed by atoms with Gasteiger partial charge in [-0.3, -0.25) is 9.20 Å². The molecule has 8 aromatic carbocycles. The molecule has 0 N–H and O–H groups in total. The minimum Gasteiger partial charge on any atom is -0.309 e. The molecule has 58 heavy (non-hydrogen) atoms. The molecule has 3 heterocycles. The predicted molar refractivity (Wildman–Crippen MR) is 242 cm³/mol. The van der Waals surface area contributed by atoms with Gasteiger partial charge in [0.1, 0.15) is 0 Å². The predicted octanol–water partition coefficient (Wildman–Crippen LogP) is 13.6. The maximum Gasteiger partial charge on any atom is 0.263 e. The number of aromatic nitrogens is 2. The summed E-state index contributed by atoms with van der Waals surface area (Å²) in [6.45, 7) is 9.49. The average Bonchev–Trinajstić information content (AvgIpc) is 3.92. The van der Waals surface area contributed by atoms with Gasteiger partial charge in [-0.05, 0) is 97.9 Å². The van der Waals surface area contributed by atoms with Crippen molar-refractivity contribution in [3.05, 3.63) is 190 Å². The molecule has 0 spiro atoms. The van der Waals surface area contributed by atoms with E-state index in [-0.39, 0.29) is 16.4 Å². The Morgan fingerprint density at radius 1 is 0.397 bits per heavy atom. The molecule has 0 radical (unpaired) electrons. The quantitative estimate of drug-likeness (QED) is 0.162. The normalized spacial score (nSPS) is 14.9. The summed E-state index contributed by atoms with van der Waals surface area (Å²) in [4.78, 5) is 13.9. The molecule has 0 amide bonds. The summed E-state index contributed by atoms with van der Waals surface area (Å²) in [6.07, 6.45) is 0. The third kappa shape index (κ3) is 3.82. The second-order valence-electron chi connectivity index (χ2n) is 17.6. The summed E-state index contributed by atoms with van der Waals surface area (Å²) in [5.74, 6) is 0.